The second-order valence-electron chi connectivity index (χ2n) is 3.42. The van der Waals surface area contributed by atoms with E-state index in [1.54, 1.807) is 0 Å². The van der Waals surface area contributed by atoms with Crippen molar-refractivity contribution < 1.29 is 19.4 Å². The molecule has 0 aliphatic heterocycles. The van der Waals surface area contributed by atoms with Crippen molar-refractivity contribution in [2.75, 3.05) is 7.11 Å². The van der Waals surface area contributed by atoms with Crippen molar-refractivity contribution in [1.29, 1.82) is 0 Å². The first-order valence-corrected chi connectivity index (χ1v) is 5.65. The van der Waals surface area contributed by atoms with Crippen LogP contribution in [-0.4, -0.2) is 24.2 Å². The minimum Gasteiger partial charge on any atom is -0.478 e. The van der Waals surface area contributed by atoms with E-state index in [9.17, 15) is 9.59 Å². The Morgan fingerprint density at radius 1 is 1.15 bits per heavy atom. The van der Waals surface area contributed by atoms with Crippen LogP contribution in [0.25, 0.3) is 5.57 Å². The number of benzene rings is 1. The van der Waals surface area contributed by atoms with Crippen molar-refractivity contribution >= 4 is 17.5 Å². The predicted molar refractivity (Wildman–Crippen MR) is 81.2 cm³/mol. The van der Waals surface area contributed by atoms with E-state index in [1.807, 2.05) is 25.1 Å². The molecule has 0 amide bonds. The van der Waals surface area contributed by atoms with E-state index in [-0.39, 0.29) is 0 Å². The Kier molecular flexibility index (Phi) is 12.6. The Bertz CT molecular complexity index is 447. The maximum Gasteiger partial charge on any atom is 0.329 e. The van der Waals surface area contributed by atoms with Gasteiger partial charge < -0.3 is 9.84 Å². The summed E-state index contributed by atoms with van der Waals surface area (Å²) in [4.78, 5) is 19.1. The van der Waals surface area contributed by atoms with Crippen LogP contribution in [0, 0.1) is 0 Å². The summed E-state index contributed by atoms with van der Waals surface area (Å²) in [6.07, 6.45) is 1.94. The lowest BCUT2D eigenvalue weighted by Crippen LogP contribution is -1.91. The molecule has 0 aliphatic carbocycles. The van der Waals surface area contributed by atoms with Crippen LogP contribution in [0.3, 0.4) is 0 Å². The standard InChI is InChI=1S/C9H10.C4H6O2.C3H4O2/c1-8(2)9-6-4-3-5-7-9;1-3-4(5)6-2;1-2-3(4)5/h3-7H,1H2,2H3;3H,1H2,2H3;2H,1H2,(H,4,5). The normalized spacial score (nSPS) is 7.70. The van der Waals surface area contributed by atoms with E-state index in [4.69, 9.17) is 5.11 Å². The highest BCUT2D eigenvalue weighted by Crippen LogP contribution is 2.08. The monoisotopic (exact) mass is 276 g/mol. The van der Waals surface area contributed by atoms with Crippen molar-refractivity contribution in [1.82, 2.24) is 0 Å². The summed E-state index contributed by atoms with van der Waals surface area (Å²) in [7, 11) is 1.31. The second kappa shape index (κ2) is 12.8. The largest absolute Gasteiger partial charge is 0.478 e. The Morgan fingerprint density at radius 2 is 1.60 bits per heavy atom. The molecule has 0 radical (unpaired) electrons. The number of allylic oxidation sites excluding steroid dienone is 1. The van der Waals surface area contributed by atoms with Gasteiger partial charge in [-0.25, -0.2) is 9.59 Å². The van der Waals surface area contributed by atoms with Crippen molar-refractivity contribution in [3.63, 3.8) is 0 Å². The molecule has 0 saturated heterocycles. The fourth-order valence-corrected chi connectivity index (χ4v) is 0.806. The molecule has 20 heavy (non-hydrogen) atoms. The van der Waals surface area contributed by atoms with E-state index >= 15 is 0 Å². The molecular weight excluding hydrogens is 256 g/mol. The highest BCUT2D eigenvalue weighted by Gasteiger charge is 1.86. The Labute approximate surface area is 119 Å². The smallest absolute Gasteiger partial charge is 0.329 e. The first-order chi connectivity index (χ1) is 9.38. The highest BCUT2D eigenvalue weighted by atomic mass is 16.5. The lowest BCUT2D eigenvalue weighted by molar-refractivity contribution is -0.135. The minimum atomic E-state index is -0.981. The Hall–Kier alpha value is -2.62. The van der Waals surface area contributed by atoms with Crippen LogP contribution in [0.2, 0.25) is 0 Å². The van der Waals surface area contributed by atoms with Gasteiger partial charge in [0, 0.05) is 12.2 Å². The second-order valence-corrected chi connectivity index (χ2v) is 3.42. The van der Waals surface area contributed by atoms with Gasteiger partial charge in [0.1, 0.15) is 0 Å². The predicted octanol–water partition coefficient (Wildman–Crippen LogP) is 3.32. The number of carbonyl (C=O) groups excluding carboxylic acids is 1. The van der Waals surface area contributed by atoms with Crippen molar-refractivity contribution in [3.05, 3.63) is 67.8 Å². The number of aliphatic carboxylic acids is 1. The van der Waals surface area contributed by atoms with Crippen LogP contribution >= 0.6 is 0 Å². The molecule has 1 rings (SSSR count). The van der Waals surface area contributed by atoms with Gasteiger partial charge in [0.15, 0.2) is 0 Å². The van der Waals surface area contributed by atoms with E-state index in [2.05, 4.69) is 36.6 Å². The molecule has 0 fully saturated rings. The molecule has 0 unspecified atom stereocenters. The zero-order valence-corrected chi connectivity index (χ0v) is 11.8. The van der Waals surface area contributed by atoms with Crippen LogP contribution in [0.4, 0.5) is 0 Å². The quantitative estimate of drug-likeness (QED) is 0.679. The summed E-state index contributed by atoms with van der Waals surface area (Å²) in [5.41, 5.74) is 2.34. The van der Waals surface area contributed by atoms with E-state index < -0.39 is 11.9 Å². The van der Waals surface area contributed by atoms with Gasteiger partial charge >= 0.3 is 11.9 Å². The molecule has 0 aromatic heterocycles. The fraction of sp³-hybridized carbons (Fsp3) is 0.125. The van der Waals surface area contributed by atoms with Gasteiger partial charge in [0.2, 0.25) is 0 Å². The number of carbonyl (C=O) groups is 2. The molecule has 108 valence electrons. The molecule has 1 aromatic rings. The zero-order valence-electron chi connectivity index (χ0n) is 11.8. The van der Waals surface area contributed by atoms with Gasteiger partial charge in [-0.3, -0.25) is 0 Å². The van der Waals surface area contributed by atoms with Gasteiger partial charge in [-0.15, -0.1) is 0 Å². The molecule has 1 aromatic carbocycles. The number of rotatable bonds is 3. The number of hydrogen-bond acceptors (Lipinski definition) is 3. The van der Waals surface area contributed by atoms with Crippen LogP contribution in [-0.2, 0) is 14.3 Å². The van der Waals surface area contributed by atoms with Crippen molar-refractivity contribution in [3.8, 4) is 0 Å². The summed E-state index contributed by atoms with van der Waals surface area (Å²) in [5, 5.41) is 7.60. The molecule has 1 N–H and O–H groups in total. The summed E-state index contributed by atoms with van der Waals surface area (Å²) in [6, 6.07) is 10.2. The van der Waals surface area contributed by atoms with Crippen LogP contribution < -0.4 is 0 Å². The highest BCUT2D eigenvalue weighted by molar-refractivity contribution is 5.80. The SMILES string of the molecule is C=C(C)c1ccccc1.C=CC(=O)O.C=CC(=O)OC. The van der Waals surface area contributed by atoms with Gasteiger partial charge in [-0.2, -0.15) is 0 Å². The topological polar surface area (TPSA) is 63.6 Å². The molecule has 4 heteroatoms. The zero-order chi connectivity index (χ0) is 16.0. The Morgan fingerprint density at radius 3 is 1.75 bits per heavy atom. The van der Waals surface area contributed by atoms with Crippen LogP contribution in [0.1, 0.15) is 12.5 Å². The van der Waals surface area contributed by atoms with Crippen LogP contribution in [0.5, 0.6) is 0 Å². The first kappa shape index (κ1) is 19.7. The average molecular weight is 276 g/mol. The lowest BCUT2D eigenvalue weighted by atomic mass is 10.1. The van der Waals surface area contributed by atoms with Gasteiger partial charge in [0.25, 0.3) is 0 Å². The molecular formula is C16H20O4. The number of methoxy groups -OCH3 is 1. The summed E-state index contributed by atoms with van der Waals surface area (Å²) < 4.78 is 4.14. The lowest BCUT2D eigenvalue weighted by Gasteiger charge is -1.94. The molecule has 0 bridgehead atoms. The summed E-state index contributed by atoms with van der Waals surface area (Å²) >= 11 is 0. The third kappa shape index (κ3) is 13.4. The van der Waals surface area contributed by atoms with Crippen molar-refractivity contribution in [2.45, 2.75) is 6.92 Å². The third-order valence-corrected chi connectivity index (χ3v) is 1.81. The fourth-order valence-electron chi connectivity index (χ4n) is 0.806. The third-order valence-electron chi connectivity index (χ3n) is 1.81. The maximum absolute atomic E-state index is 9.84. The van der Waals surface area contributed by atoms with Gasteiger partial charge in [-0.05, 0) is 12.5 Å². The summed E-state index contributed by atoms with van der Waals surface area (Å²) in [6.45, 7) is 12.0. The molecule has 4 nitrogen and oxygen atoms in total. The maximum atomic E-state index is 9.84. The minimum absolute atomic E-state index is 0.394. The number of ether oxygens (including phenoxy) is 1. The number of carboxylic acids is 1. The molecule has 0 saturated carbocycles. The van der Waals surface area contributed by atoms with E-state index in [1.165, 1.54) is 12.7 Å². The molecule has 0 atom stereocenters. The first-order valence-electron chi connectivity index (χ1n) is 5.65. The van der Waals surface area contributed by atoms with Crippen LogP contribution in [0.15, 0.2) is 62.2 Å². The molecule has 0 heterocycles. The Balaban J connectivity index is 0. The van der Waals surface area contributed by atoms with Crippen molar-refractivity contribution in [2.24, 2.45) is 0 Å². The summed E-state index contributed by atoms with van der Waals surface area (Å²) in [5.74, 6) is -1.37. The number of carboxylic acid groups (broad SMARTS) is 1. The number of hydrogen-bond donors (Lipinski definition) is 1. The van der Waals surface area contributed by atoms with Gasteiger partial charge in [0.05, 0.1) is 7.11 Å². The molecule has 0 aliphatic rings. The van der Waals surface area contributed by atoms with Gasteiger partial charge in [-0.1, -0.05) is 55.6 Å². The molecule has 0 spiro atoms. The van der Waals surface area contributed by atoms with E-state index in [0.717, 1.165) is 17.7 Å². The average Bonchev–Trinajstić information content (AvgIpc) is 2.48. The van der Waals surface area contributed by atoms with E-state index in [0.29, 0.717) is 0 Å². The number of esters is 1.